The van der Waals surface area contributed by atoms with E-state index in [1.54, 1.807) is 0 Å². The van der Waals surface area contributed by atoms with Crippen LogP contribution in [0.4, 0.5) is 0 Å². The molecule has 6 N–H and O–H groups in total. The molecule has 0 rings (SSSR count). The molecule has 3 heteroatoms. The Labute approximate surface area is 62.9 Å². The molecular weight excluding hydrogens is 126 g/mol. The van der Waals surface area contributed by atoms with Crippen LogP contribution in [-0.4, -0.2) is 18.6 Å². The van der Waals surface area contributed by atoms with Gasteiger partial charge in [0.25, 0.3) is 0 Å². The smallest absolute Gasteiger partial charge is 0.00943 e. The predicted octanol–water partition coefficient (Wildman–Crippen LogP) is -0.354. The van der Waals surface area contributed by atoms with Crippen molar-refractivity contribution in [2.75, 3.05) is 6.54 Å². The van der Waals surface area contributed by atoms with Gasteiger partial charge in [-0.05, 0) is 13.8 Å². The van der Waals surface area contributed by atoms with E-state index in [1.165, 1.54) is 0 Å². The number of hydrogen-bond donors (Lipinski definition) is 3. The van der Waals surface area contributed by atoms with Crippen LogP contribution in [0.1, 0.15) is 20.8 Å². The fraction of sp³-hybridized carbons (Fsp3) is 1.00. The van der Waals surface area contributed by atoms with Gasteiger partial charge in [-0.2, -0.15) is 0 Å². The molecule has 0 saturated heterocycles. The molecule has 62 valence electrons. The first kappa shape index (κ1) is 9.88. The van der Waals surface area contributed by atoms with Gasteiger partial charge >= 0.3 is 0 Å². The van der Waals surface area contributed by atoms with Gasteiger partial charge in [0, 0.05) is 24.0 Å². The van der Waals surface area contributed by atoms with Crippen LogP contribution in [0.3, 0.4) is 0 Å². The van der Waals surface area contributed by atoms with E-state index in [4.69, 9.17) is 17.2 Å². The zero-order valence-corrected chi connectivity index (χ0v) is 7.09. The second kappa shape index (κ2) is 3.32. The third-order valence-corrected chi connectivity index (χ3v) is 2.52. The van der Waals surface area contributed by atoms with E-state index < -0.39 is 0 Å². The molecule has 0 saturated carbocycles. The highest BCUT2D eigenvalue weighted by Crippen LogP contribution is 2.21. The van der Waals surface area contributed by atoms with Crippen LogP contribution < -0.4 is 17.2 Å². The topological polar surface area (TPSA) is 78.1 Å². The van der Waals surface area contributed by atoms with Crippen LogP contribution in [0.2, 0.25) is 0 Å². The summed E-state index contributed by atoms with van der Waals surface area (Å²) in [5, 5.41) is 0. The van der Waals surface area contributed by atoms with Gasteiger partial charge in [-0.3, -0.25) is 0 Å². The van der Waals surface area contributed by atoms with E-state index in [-0.39, 0.29) is 17.5 Å². The van der Waals surface area contributed by atoms with Gasteiger partial charge < -0.3 is 17.2 Å². The van der Waals surface area contributed by atoms with E-state index in [9.17, 15) is 0 Å². The van der Waals surface area contributed by atoms with Crippen LogP contribution in [0.25, 0.3) is 0 Å². The molecule has 0 radical (unpaired) electrons. The fourth-order valence-electron chi connectivity index (χ4n) is 0.786. The Morgan fingerprint density at radius 3 is 1.50 bits per heavy atom. The van der Waals surface area contributed by atoms with Crippen LogP contribution >= 0.6 is 0 Å². The van der Waals surface area contributed by atoms with Crippen molar-refractivity contribution in [1.29, 1.82) is 0 Å². The average molecular weight is 145 g/mol. The molecule has 0 aliphatic rings. The lowest BCUT2D eigenvalue weighted by Gasteiger charge is -2.35. The normalized spacial score (nSPS) is 23.4. The molecule has 0 aliphatic heterocycles. The molecule has 0 aromatic rings. The minimum atomic E-state index is -0.125. The Morgan fingerprint density at radius 2 is 1.50 bits per heavy atom. The highest BCUT2D eigenvalue weighted by Gasteiger charge is 2.31. The number of nitrogens with two attached hydrogens (primary N) is 3. The van der Waals surface area contributed by atoms with Gasteiger partial charge in [-0.15, -0.1) is 0 Å². The summed E-state index contributed by atoms with van der Waals surface area (Å²) in [6, 6.07) is 0.106. The zero-order valence-electron chi connectivity index (χ0n) is 7.09. The zero-order chi connectivity index (χ0) is 8.36. The van der Waals surface area contributed by atoms with Crippen molar-refractivity contribution in [2.45, 2.75) is 32.9 Å². The van der Waals surface area contributed by atoms with Gasteiger partial charge in [0.2, 0.25) is 0 Å². The highest BCUT2D eigenvalue weighted by molar-refractivity contribution is 4.90. The summed E-state index contributed by atoms with van der Waals surface area (Å²) in [6.45, 7) is 6.44. The minimum absolute atomic E-state index is 0.0532. The van der Waals surface area contributed by atoms with E-state index in [0.29, 0.717) is 6.54 Å². The maximum Gasteiger partial charge on any atom is 0.00943 e. The molecule has 0 fully saturated rings. The summed E-state index contributed by atoms with van der Waals surface area (Å²) in [7, 11) is 0. The quantitative estimate of drug-likeness (QED) is 0.508. The minimum Gasteiger partial charge on any atom is -0.330 e. The van der Waals surface area contributed by atoms with E-state index in [1.807, 2.05) is 20.8 Å². The van der Waals surface area contributed by atoms with Gasteiger partial charge in [0.15, 0.2) is 0 Å². The molecule has 2 unspecified atom stereocenters. The maximum absolute atomic E-state index is 5.72. The number of rotatable bonds is 3. The van der Waals surface area contributed by atoms with Crippen molar-refractivity contribution in [3.63, 3.8) is 0 Å². The molecule has 0 heterocycles. The maximum atomic E-state index is 5.72. The van der Waals surface area contributed by atoms with Crippen molar-refractivity contribution < 1.29 is 0 Å². The molecule has 2 atom stereocenters. The Balaban J connectivity index is 4.23. The van der Waals surface area contributed by atoms with Crippen molar-refractivity contribution in [3.8, 4) is 0 Å². The Morgan fingerprint density at radius 1 is 1.20 bits per heavy atom. The molecule has 0 bridgehead atoms. The molecule has 0 aromatic carbocycles. The predicted molar refractivity (Wildman–Crippen MR) is 44.5 cm³/mol. The van der Waals surface area contributed by atoms with Gasteiger partial charge in [-0.1, -0.05) is 6.92 Å². The molecule has 0 amide bonds. The summed E-state index contributed by atoms with van der Waals surface area (Å²) in [5.74, 6) is 0. The molecule has 0 aliphatic carbocycles. The standard InChI is InChI=1S/C7H19N3/c1-5(9)7(3,4-8)6(2)10/h5-6H,4,8-10H2,1-3H3. The summed E-state index contributed by atoms with van der Waals surface area (Å²) in [6.07, 6.45) is 0. The SMILES string of the molecule is CC(N)C(C)(CN)C(C)N. The highest BCUT2D eigenvalue weighted by atomic mass is 14.8. The number of hydrogen-bond acceptors (Lipinski definition) is 3. The van der Waals surface area contributed by atoms with Crippen molar-refractivity contribution in [2.24, 2.45) is 22.6 Å². The van der Waals surface area contributed by atoms with Gasteiger partial charge in [-0.25, -0.2) is 0 Å². The second-order valence-corrected chi connectivity index (χ2v) is 3.29. The van der Waals surface area contributed by atoms with Crippen LogP contribution in [-0.2, 0) is 0 Å². The van der Waals surface area contributed by atoms with E-state index in [2.05, 4.69) is 0 Å². The molecule has 10 heavy (non-hydrogen) atoms. The summed E-state index contributed by atoms with van der Waals surface area (Å²) in [4.78, 5) is 0. The van der Waals surface area contributed by atoms with Gasteiger partial charge in [0.1, 0.15) is 0 Å². The summed E-state index contributed by atoms with van der Waals surface area (Å²) >= 11 is 0. The lowest BCUT2D eigenvalue weighted by atomic mass is 9.78. The third kappa shape index (κ3) is 1.68. The Hall–Kier alpha value is -0.120. The van der Waals surface area contributed by atoms with Crippen molar-refractivity contribution in [1.82, 2.24) is 0 Å². The Kier molecular flexibility index (Phi) is 3.28. The first-order valence-electron chi connectivity index (χ1n) is 3.66. The third-order valence-electron chi connectivity index (χ3n) is 2.52. The molecule has 0 aromatic heterocycles. The first-order chi connectivity index (χ1) is 4.45. The molecular formula is C7H19N3. The van der Waals surface area contributed by atoms with Crippen molar-refractivity contribution in [3.05, 3.63) is 0 Å². The van der Waals surface area contributed by atoms with Crippen LogP contribution in [0.15, 0.2) is 0 Å². The molecule has 0 spiro atoms. The lowest BCUT2D eigenvalue weighted by molar-refractivity contribution is 0.230. The summed E-state index contributed by atoms with van der Waals surface area (Å²) < 4.78 is 0. The van der Waals surface area contributed by atoms with Crippen LogP contribution in [0.5, 0.6) is 0 Å². The largest absolute Gasteiger partial charge is 0.330 e. The van der Waals surface area contributed by atoms with E-state index in [0.717, 1.165) is 0 Å². The fourth-order valence-corrected chi connectivity index (χ4v) is 0.786. The van der Waals surface area contributed by atoms with Crippen LogP contribution in [0, 0.1) is 5.41 Å². The Bertz CT molecular complexity index is 91.0. The monoisotopic (exact) mass is 145 g/mol. The average Bonchev–Trinajstić information content (AvgIpc) is 1.85. The molecule has 3 nitrogen and oxygen atoms in total. The van der Waals surface area contributed by atoms with E-state index >= 15 is 0 Å². The first-order valence-corrected chi connectivity index (χ1v) is 3.66. The second-order valence-electron chi connectivity index (χ2n) is 3.29. The van der Waals surface area contributed by atoms with Crippen molar-refractivity contribution >= 4 is 0 Å². The summed E-state index contributed by atoms with van der Waals surface area (Å²) in [5.41, 5.74) is 16.9. The lowest BCUT2D eigenvalue weighted by Crippen LogP contribution is -2.53. The van der Waals surface area contributed by atoms with Gasteiger partial charge in [0.05, 0.1) is 0 Å².